The van der Waals surface area contributed by atoms with Gasteiger partial charge in [0, 0.05) is 11.1 Å². The smallest absolute Gasteiger partial charge is 0.340 e. The van der Waals surface area contributed by atoms with Crippen LogP contribution in [-0.2, 0) is 4.74 Å². The third-order valence-corrected chi connectivity index (χ3v) is 3.68. The highest BCUT2D eigenvalue weighted by atomic mass is 32.1. The molecule has 21 heavy (non-hydrogen) atoms. The number of benzene rings is 1. The monoisotopic (exact) mass is 303 g/mol. The number of nitrogens with one attached hydrogen (secondary N) is 1. The lowest BCUT2D eigenvalue weighted by Crippen LogP contribution is -2.13. The van der Waals surface area contributed by atoms with Gasteiger partial charge in [-0.3, -0.25) is 9.59 Å². The second kappa shape index (κ2) is 6.32. The Morgan fingerprint density at radius 1 is 1.05 bits per heavy atom. The Morgan fingerprint density at radius 3 is 2.24 bits per heavy atom. The molecule has 1 aromatic heterocycles. The summed E-state index contributed by atoms with van der Waals surface area (Å²) in [5.41, 5.74) is 1.26. The summed E-state index contributed by atoms with van der Waals surface area (Å²) in [6.07, 6.45) is 0. The van der Waals surface area contributed by atoms with Gasteiger partial charge in [0.25, 0.3) is 5.91 Å². The van der Waals surface area contributed by atoms with Crippen LogP contribution in [0.1, 0.15) is 38.0 Å². The normalized spacial score (nSPS) is 10.0. The first-order valence-electron chi connectivity index (χ1n) is 6.11. The minimum Gasteiger partial charge on any atom is -0.465 e. The molecule has 0 saturated heterocycles. The number of thiophene rings is 1. The summed E-state index contributed by atoms with van der Waals surface area (Å²) in [6, 6.07) is 7.90. The molecular formula is C15H13NO4S. The van der Waals surface area contributed by atoms with E-state index in [1.807, 2.05) is 0 Å². The quantitative estimate of drug-likeness (QED) is 0.696. The van der Waals surface area contributed by atoms with E-state index in [1.165, 1.54) is 25.4 Å². The standard InChI is InChI=1S/C15H13NO4S/c1-9(17)10-3-5-11(6-4-10)13(18)16-14-12(7-8-21-14)15(19)20-2/h3-8H,1-2H3,(H,16,18). The summed E-state index contributed by atoms with van der Waals surface area (Å²) in [5.74, 6) is -0.913. The lowest BCUT2D eigenvalue weighted by atomic mass is 10.1. The van der Waals surface area contributed by atoms with Crippen LogP contribution in [-0.4, -0.2) is 24.8 Å². The predicted octanol–water partition coefficient (Wildman–Crippen LogP) is 2.99. The highest BCUT2D eigenvalue weighted by Crippen LogP contribution is 2.24. The molecule has 0 atom stereocenters. The van der Waals surface area contributed by atoms with Gasteiger partial charge in [-0.1, -0.05) is 12.1 Å². The first-order chi connectivity index (χ1) is 10.0. The first-order valence-corrected chi connectivity index (χ1v) is 6.99. The van der Waals surface area contributed by atoms with Crippen LogP contribution >= 0.6 is 11.3 Å². The lowest BCUT2D eigenvalue weighted by molar-refractivity contribution is 0.0602. The average molecular weight is 303 g/mol. The molecule has 0 fully saturated rings. The number of ether oxygens (including phenoxy) is 1. The van der Waals surface area contributed by atoms with Gasteiger partial charge in [-0.05, 0) is 30.5 Å². The van der Waals surface area contributed by atoms with Crippen molar-refractivity contribution >= 4 is 34.0 Å². The summed E-state index contributed by atoms with van der Waals surface area (Å²) in [6.45, 7) is 1.46. The molecule has 0 aliphatic rings. The number of amides is 1. The second-order valence-electron chi connectivity index (χ2n) is 4.24. The SMILES string of the molecule is COC(=O)c1ccsc1NC(=O)c1ccc(C(C)=O)cc1. The van der Waals surface area contributed by atoms with E-state index in [0.717, 1.165) is 0 Å². The van der Waals surface area contributed by atoms with Crippen LogP contribution in [0.15, 0.2) is 35.7 Å². The summed E-state index contributed by atoms with van der Waals surface area (Å²) in [7, 11) is 1.28. The Morgan fingerprint density at radius 2 is 1.67 bits per heavy atom. The number of anilines is 1. The molecule has 0 saturated carbocycles. The third kappa shape index (κ3) is 3.35. The van der Waals surface area contributed by atoms with E-state index in [-0.39, 0.29) is 11.7 Å². The molecule has 0 aliphatic heterocycles. The zero-order valence-electron chi connectivity index (χ0n) is 11.5. The van der Waals surface area contributed by atoms with Gasteiger partial charge in [0.05, 0.1) is 12.7 Å². The summed E-state index contributed by atoms with van der Waals surface area (Å²) in [4.78, 5) is 34.8. The Bertz CT molecular complexity index is 688. The van der Waals surface area contributed by atoms with Crippen molar-refractivity contribution < 1.29 is 19.1 Å². The van der Waals surface area contributed by atoms with Crippen LogP contribution in [0.2, 0.25) is 0 Å². The van der Waals surface area contributed by atoms with Crippen molar-refractivity contribution in [2.24, 2.45) is 0 Å². The van der Waals surface area contributed by atoms with E-state index in [2.05, 4.69) is 10.1 Å². The number of hydrogen-bond acceptors (Lipinski definition) is 5. The highest BCUT2D eigenvalue weighted by Gasteiger charge is 2.16. The molecule has 0 bridgehead atoms. The van der Waals surface area contributed by atoms with Crippen LogP contribution < -0.4 is 5.32 Å². The van der Waals surface area contributed by atoms with Crippen LogP contribution in [0, 0.1) is 0 Å². The van der Waals surface area contributed by atoms with Crippen LogP contribution in [0.5, 0.6) is 0 Å². The maximum Gasteiger partial charge on any atom is 0.340 e. The van der Waals surface area contributed by atoms with Crippen molar-refractivity contribution in [1.82, 2.24) is 0 Å². The van der Waals surface area contributed by atoms with Gasteiger partial charge >= 0.3 is 5.97 Å². The zero-order chi connectivity index (χ0) is 15.4. The van der Waals surface area contributed by atoms with Gasteiger partial charge in [0.1, 0.15) is 5.00 Å². The van der Waals surface area contributed by atoms with Crippen molar-refractivity contribution in [2.75, 3.05) is 12.4 Å². The van der Waals surface area contributed by atoms with Crippen molar-refractivity contribution in [3.8, 4) is 0 Å². The zero-order valence-corrected chi connectivity index (χ0v) is 12.3. The second-order valence-corrected chi connectivity index (χ2v) is 5.16. The topological polar surface area (TPSA) is 72.5 Å². The summed E-state index contributed by atoms with van der Waals surface area (Å²) >= 11 is 1.24. The molecular weight excluding hydrogens is 290 g/mol. The van der Waals surface area contributed by atoms with E-state index in [4.69, 9.17) is 0 Å². The number of hydrogen-bond donors (Lipinski definition) is 1. The number of carbonyl (C=O) groups is 3. The molecule has 1 N–H and O–H groups in total. The van der Waals surface area contributed by atoms with Gasteiger partial charge in [0.2, 0.25) is 0 Å². The van der Waals surface area contributed by atoms with Crippen molar-refractivity contribution in [3.05, 3.63) is 52.4 Å². The Hall–Kier alpha value is -2.47. The molecule has 1 heterocycles. The molecule has 6 heteroatoms. The molecule has 1 amide bonds. The fourth-order valence-electron chi connectivity index (χ4n) is 1.71. The van der Waals surface area contributed by atoms with Gasteiger partial charge in [-0.15, -0.1) is 11.3 Å². The minimum atomic E-state index is -0.501. The Kier molecular flexibility index (Phi) is 4.49. The van der Waals surface area contributed by atoms with E-state index in [9.17, 15) is 14.4 Å². The van der Waals surface area contributed by atoms with Crippen molar-refractivity contribution in [1.29, 1.82) is 0 Å². The average Bonchev–Trinajstić information content (AvgIpc) is 2.94. The lowest BCUT2D eigenvalue weighted by Gasteiger charge is -2.05. The number of ketones is 1. The van der Waals surface area contributed by atoms with Gasteiger partial charge < -0.3 is 10.1 Å². The Labute approximate surface area is 125 Å². The molecule has 5 nitrogen and oxygen atoms in total. The third-order valence-electron chi connectivity index (χ3n) is 2.85. The number of rotatable bonds is 4. The fourth-order valence-corrected chi connectivity index (χ4v) is 2.48. The highest BCUT2D eigenvalue weighted by molar-refractivity contribution is 7.14. The van der Waals surface area contributed by atoms with Crippen molar-refractivity contribution in [3.63, 3.8) is 0 Å². The maximum atomic E-state index is 12.1. The van der Waals surface area contributed by atoms with E-state index < -0.39 is 5.97 Å². The van der Waals surface area contributed by atoms with Gasteiger partial charge in [-0.2, -0.15) is 0 Å². The van der Waals surface area contributed by atoms with Crippen molar-refractivity contribution in [2.45, 2.75) is 6.92 Å². The molecule has 2 aromatic rings. The maximum absolute atomic E-state index is 12.1. The molecule has 108 valence electrons. The van der Waals surface area contributed by atoms with Gasteiger partial charge in [0.15, 0.2) is 5.78 Å². The minimum absolute atomic E-state index is 0.0619. The largest absolute Gasteiger partial charge is 0.465 e. The fraction of sp³-hybridized carbons (Fsp3) is 0.133. The van der Waals surface area contributed by atoms with E-state index in [1.54, 1.807) is 35.7 Å². The number of esters is 1. The molecule has 0 unspecified atom stereocenters. The number of methoxy groups -OCH3 is 1. The predicted molar refractivity (Wildman–Crippen MR) is 80.1 cm³/mol. The molecule has 2 rings (SSSR count). The Balaban J connectivity index is 2.16. The van der Waals surface area contributed by atoms with Crippen LogP contribution in [0.25, 0.3) is 0 Å². The van der Waals surface area contributed by atoms with Gasteiger partial charge in [-0.25, -0.2) is 4.79 Å². The molecule has 0 spiro atoms. The molecule has 1 aromatic carbocycles. The van der Waals surface area contributed by atoms with E-state index in [0.29, 0.717) is 21.7 Å². The van der Waals surface area contributed by atoms with E-state index >= 15 is 0 Å². The summed E-state index contributed by atoms with van der Waals surface area (Å²) in [5, 5.41) is 4.79. The number of Topliss-reactive ketones (excluding diaryl/α,β-unsaturated/α-hetero) is 1. The first kappa shape index (κ1) is 14.9. The molecule has 0 radical (unpaired) electrons. The summed E-state index contributed by atoms with van der Waals surface area (Å²) < 4.78 is 4.64. The van der Waals surface area contributed by atoms with Crippen LogP contribution in [0.3, 0.4) is 0 Å². The van der Waals surface area contributed by atoms with Crippen LogP contribution in [0.4, 0.5) is 5.00 Å². The number of carbonyl (C=O) groups excluding carboxylic acids is 3. The molecule has 0 aliphatic carbocycles.